The van der Waals surface area contributed by atoms with Crippen LogP contribution in [0.25, 0.3) is 6.08 Å². The Morgan fingerprint density at radius 1 is 1.39 bits per heavy atom. The molecular weight excluding hydrogens is 248 g/mol. The van der Waals surface area contributed by atoms with E-state index in [0.717, 1.165) is 21.8 Å². The van der Waals surface area contributed by atoms with Gasteiger partial charge in [0.15, 0.2) is 5.78 Å². The molecule has 1 saturated heterocycles. The summed E-state index contributed by atoms with van der Waals surface area (Å²) in [5.41, 5.74) is 1.71. The van der Waals surface area contributed by atoms with Crippen molar-refractivity contribution in [2.45, 2.75) is 19.3 Å². The van der Waals surface area contributed by atoms with E-state index in [9.17, 15) is 9.59 Å². The lowest BCUT2D eigenvalue weighted by Gasteiger charge is -2.06. The molecule has 94 valence electrons. The van der Waals surface area contributed by atoms with Crippen LogP contribution in [0.4, 0.5) is 0 Å². The minimum Gasteiger partial charge on any atom is -0.481 e. The highest BCUT2D eigenvalue weighted by Gasteiger charge is 2.17. The SMILES string of the molecule is CC(C(=O)O)c1ccc(/C=C2\SCCC2=O)cc1. The normalized spacial score (nSPS) is 19.2. The van der Waals surface area contributed by atoms with Crippen LogP contribution >= 0.6 is 11.8 Å². The Morgan fingerprint density at radius 2 is 2.06 bits per heavy atom. The van der Waals surface area contributed by atoms with Crippen molar-refractivity contribution in [2.75, 3.05) is 5.75 Å². The Balaban J connectivity index is 2.18. The Hall–Kier alpha value is -1.55. The molecule has 1 heterocycles. The molecule has 0 aliphatic carbocycles. The van der Waals surface area contributed by atoms with Crippen molar-refractivity contribution in [1.29, 1.82) is 0 Å². The molecule has 0 amide bonds. The maximum Gasteiger partial charge on any atom is 0.310 e. The topological polar surface area (TPSA) is 54.4 Å². The summed E-state index contributed by atoms with van der Waals surface area (Å²) in [5, 5.41) is 8.91. The molecule has 1 N–H and O–H groups in total. The number of hydrogen-bond acceptors (Lipinski definition) is 3. The number of carbonyl (C=O) groups is 2. The van der Waals surface area contributed by atoms with Gasteiger partial charge >= 0.3 is 5.97 Å². The van der Waals surface area contributed by atoms with Gasteiger partial charge in [0.05, 0.1) is 10.8 Å². The van der Waals surface area contributed by atoms with Crippen LogP contribution in [0.15, 0.2) is 29.2 Å². The molecule has 1 aliphatic rings. The molecule has 0 spiro atoms. The summed E-state index contributed by atoms with van der Waals surface area (Å²) < 4.78 is 0. The molecule has 3 nitrogen and oxygen atoms in total. The van der Waals surface area contributed by atoms with Crippen molar-refractivity contribution in [1.82, 2.24) is 0 Å². The number of ketones is 1. The molecular formula is C14H14O3S. The van der Waals surface area contributed by atoms with E-state index in [1.54, 1.807) is 30.8 Å². The third-order valence-corrected chi connectivity index (χ3v) is 4.03. The monoisotopic (exact) mass is 262 g/mol. The van der Waals surface area contributed by atoms with Gasteiger partial charge in [-0.15, -0.1) is 11.8 Å². The van der Waals surface area contributed by atoms with Crippen molar-refractivity contribution in [3.8, 4) is 0 Å². The van der Waals surface area contributed by atoms with Crippen LogP contribution in [0.2, 0.25) is 0 Å². The molecule has 18 heavy (non-hydrogen) atoms. The fourth-order valence-electron chi connectivity index (χ4n) is 1.75. The highest BCUT2D eigenvalue weighted by molar-refractivity contribution is 8.04. The second-order valence-electron chi connectivity index (χ2n) is 4.26. The van der Waals surface area contributed by atoms with E-state index >= 15 is 0 Å². The van der Waals surface area contributed by atoms with Gasteiger partial charge in [0.2, 0.25) is 0 Å². The molecule has 2 rings (SSSR count). The summed E-state index contributed by atoms with van der Waals surface area (Å²) >= 11 is 1.58. The predicted octanol–water partition coefficient (Wildman–Crippen LogP) is 2.92. The maximum absolute atomic E-state index is 11.5. The quantitative estimate of drug-likeness (QED) is 0.851. The van der Waals surface area contributed by atoms with Gasteiger partial charge in [-0.3, -0.25) is 9.59 Å². The number of rotatable bonds is 3. The smallest absolute Gasteiger partial charge is 0.310 e. The van der Waals surface area contributed by atoms with Gasteiger partial charge < -0.3 is 5.11 Å². The molecule has 1 aromatic carbocycles. The van der Waals surface area contributed by atoms with Gasteiger partial charge in [-0.25, -0.2) is 0 Å². The third-order valence-electron chi connectivity index (χ3n) is 2.97. The number of carboxylic acids is 1. The zero-order chi connectivity index (χ0) is 13.1. The van der Waals surface area contributed by atoms with Gasteiger partial charge in [0, 0.05) is 12.2 Å². The fourth-order valence-corrected chi connectivity index (χ4v) is 2.74. The van der Waals surface area contributed by atoms with Crippen molar-refractivity contribution in [3.63, 3.8) is 0 Å². The minimum absolute atomic E-state index is 0.197. The molecule has 1 fully saturated rings. The van der Waals surface area contributed by atoms with Gasteiger partial charge in [0.25, 0.3) is 0 Å². The van der Waals surface area contributed by atoms with Crippen LogP contribution in [0.5, 0.6) is 0 Å². The van der Waals surface area contributed by atoms with E-state index in [1.807, 2.05) is 18.2 Å². The van der Waals surface area contributed by atoms with Crippen molar-refractivity contribution < 1.29 is 14.7 Å². The van der Waals surface area contributed by atoms with Gasteiger partial charge in [-0.2, -0.15) is 0 Å². The first-order valence-electron chi connectivity index (χ1n) is 5.78. The van der Waals surface area contributed by atoms with Crippen LogP contribution in [-0.2, 0) is 9.59 Å². The molecule has 1 aromatic rings. The number of carbonyl (C=O) groups excluding carboxylic acids is 1. The summed E-state index contributed by atoms with van der Waals surface area (Å²) in [6, 6.07) is 7.31. The van der Waals surface area contributed by atoms with Crippen molar-refractivity contribution in [2.24, 2.45) is 0 Å². The first-order valence-corrected chi connectivity index (χ1v) is 6.77. The summed E-state index contributed by atoms with van der Waals surface area (Å²) in [5.74, 6) is -0.279. The number of thioether (sulfide) groups is 1. The maximum atomic E-state index is 11.5. The number of hydrogen-bond donors (Lipinski definition) is 1. The van der Waals surface area contributed by atoms with E-state index in [1.165, 1.54) is 0 Å². The molecule has 1 atom stereocenters. The van der Waals surface area contributed by atoms with E-state index in [4.69, 9.17) is 5.11 Å². The van der Waals surface area contributed by atoms with Crippen LogP contribution in [0, 0.1) is 0 Å². The molecule has 1 aliphatic heterocycles. The van der Waals surface area contributed by atoms with Crippen LogP contribution < -0.4 is 0 Å². The average molecular weight is 262 g/mol. The lowest BCUT2D eigenvalue weighted by molar-refractivity contribution is -0.138. The number of allylic oxidation sites excluding steroid dienone is 1. The number of benzene rings is 1. The highest BCUT2D eigenvalue weighted by Crippen LogP contribution is 2.29. The second kappa shape index (κ2) is 5.40. The molecule has 0 radical (unpaired) electrons. The zero-order valence-electron chi connectivity index (χ0n) is 10.1. The van der Waals surface area contributed by atoms with Crippen LogP contribution in [-0.4, -0.2) is 22.6 Å². The first kappa shape index (κ1) is 12.9. The van der Waals surface area contributed by atoms with Crippen molar-refractivity contribution >= 4 is 29.6 Å². The third kappa shape index (κ3) is 2.82. The zero-order valence-corrected chi connectivity index (χ0v) is 10.9. The lowest BCUT2D eigenvalue weighted by Crippen LogP contribution is -2.06. The molecule has 0 saturated carbocycles. The largest absolute Gasteiger partial charge is 0.481 e. The fraction of sp³-hybridized carbons (Fsp3) is 0.286. The molecule has 4 heteroatoms. The van der Waals surface area contributed by atoms with E-state index in [-0.39, 0.29) is 5.78 Å². The summed E-state index contributed by atoms with van der Waals surface area (Å²) in [6.45, 7) is 1.66. The van der Waals surface area contributed by atoms with E-state index in [2.05, 4.69) is 0 Å². The minimum atomic E-state index is -0.831. The van der Waals surface area contributed by atoms with Crippen LogP contribution in [0.1, 0.15) is 30.4 Å². The Kier molecular flexibility index (Phi) is 3.87. The predicted molar refractivity (Wildman–Crippen MR) is 72.6 cm³/mol. The molecule has 0 aromatic heterocycles. The molecule has 1 unspecified atom stereocenters. The Labute approximate surface area is 110 Å². The summed E-state index contributed by atoms with van der Waals surface area (Å²) in [4.78, 5) is 23.1. The second-order valence-corrected chi connectivity index (χ2v) is 5.39. The number of aliphatic carboxylic acids is 1. The average Bonchev–Trinajstić information content (AvgIpc) is 2.75. The Morgan fingerprint density at radius 3 is 2.56 bits per heavy atom. The van der Waals surface area contributed by atoms with Gasteiger partial charge in [0.1, 0.15) is 0 Å². The Bertz CT molecular complexity index is 502. The lowest BCUT2D eigenvalue weighted by atomic mass is 10.00. The standard InChI is InChI=1S/C14H14O3S/c1-9(14(16)17)11-4-2-10(3-5-11)8-13-12(15)6-7-18-13/h2-5,8-9H,6-7H2,1H3,(H,16,17)/b13-8-. The highest BCUT2D eigenvalue weighted by atomic mass is 32.2. The van der Waals surface area contributed by atoms with Crippen LogP contribution in [0.3, 0.4) is 0 Å². The number of Topliss-reactive ketones (excluding diaryl/α,β-unsaturated/α-hetero) is 1. The number of carboxylic acid groups (broad SMARTS) is 1. The van der Waals surface area contributed by atoms with E-state index in [0.29, 0.717) is 6.42 Å². The van der Waals surface area contributed by atoms with Gasteiger partial charge in [-0.1, -0.05) is 24.3 Å². The first-order chi connectivity index (χ1) is 8.58. The van der Waals surface area contributed by atoms with Crippen molar-refractivity contribution in [3.05, 3.63) is 40.3 Å². The summed E-state index contributed by atoms with van der Waals surface area (Å²) in [7, 11) is 0. The van der Waals surface area contributed by atoms with Gasteiger partial charge in [-0.05, 0) is 24.1 Å². The summed E-state index contributed by atoms with van der Waals surface area (Å²) in [6.07, 6.45) is 2.49. The molecule has 0 bridgehead atoms. The van der Waals surface area contributed by atoms with E-state index < -0.39 is 11.9 Å².